The van der Waals surface area contributed by atoms with E-state index in [-0.39, 0.29) is 17.4 Å². The summed E-state index contributed by atoms with van der Waals surface area (Å²) in [6, 6.07) is 14.1. The molecule has 1 heterocycles. The number of hydrogen-bond acceptors (Lipinski definition) is 6. The number of hydrogen-bond donors (Lipinski definition) is 0. The summed E-state index contributed by atoms with van der Waals surface area (Å²) >= 11 is 1.24. The minimum absolute atomic E-state index is 0.102. The van der Waals surface area contributed by atoms with Crippen molar-refractivity contribution in [2.75, 3.05) is 21.2 Å². The third kappa shape index (κ3) is 5.02. The van der Waals surface area contributed by atoms with Crippen molar-refractivity contribution in [2.45, 2.75) is 30.8 Å². The highest BCUT2D eigenvalue weighted by molar-refractivity contribution is 8.00. The molecule has 32 heavy (non-hydrogen) atoms. The second-order valence-corrected chi connectivity index (χ2v) is 9.14. The van der Waals surface area contributed by atoms with Crippen molar-refractivity contribution in [1.29, 1.82) is 0 Å². The first-order valence-corrected chi connectivity index (χ1v) is 11.2. The number of esters is 1. The topological polar surface area (TPSA) is 81.5 Å². The molecule has 0 saturated carbocycles. The number of carbonyl (C=O) groups excluding carboxylic acids is 2. The fourth-order valence-electron chi connectivity index (χ4n) is 3.29. The first kappa shape index (κ1) is 23.5. The minimum Gasteiger partial charge on any atom is -0.465 e. The van der Waals surface area contributed by atoms with Crippen molar-refractivity contribution in [3.05, 3.63) is 70.0 Å². The summed E-state index contributed by atoms with van der Waals surface area (Å²) in [5, 5.41) is 0.276. The van der Waals surface area contributed by atoms with E-state index >= 15 is 0 Å². The van der Waals surface area contributed by atoms with Gasteiger partial charge in [0.25, 0.3) is 5.56 Å². The molecule has 0 bridgehead atoms. The Kier molecular flexibility index (Phi) is 7.35. The van der Waals surface area contributed by atoms with Crippen LogP contribution < -0.4 is 5.56 Å². The molecule has 7 nitrogen and oxygen atoms in total. The van der Waals surface area contributed by atoms with E-state index in [0.717, 1.165) is 5.56 Å². The van der Waals surface area contributed by atoms with Gasteiger partial charge < -0.3 is 9.64 Å². The highest BCUT2D eigenvalue weighted by atomic mass is 32.2. The molecule has 168 valence electrons. The maximum absolute atomic E-state index is 13.4. The zero-order valence-electron chi connectivity index (χ0n) is 18.9. The summed E-state index contributed by atoms with van der Waals surface area (Å²) in [4.78, 5) is 44.6. The molecule has 0 aliphatic heterocycles. The standard InChI is InChI=1S/C24H27N3O4S/c1-15(2)14-27-21(28)18-12-11-17(23(30)31-5)13-19(18)25-24(27)32-20(22(29)26(3)4)16-9-7-6-8-10-16/h6-13,15,20H,14H2,1-5H3/t20-/m0/s1. The number of ether oxygens (including phenoxy) is 1. The molecular weight excluding hydrogens is 426 g/mol. The lowest BCUT2D eigenvalue weighted by Crippen LogP contribution is -2.29. The fraction of sp³-hybridized carbons (Fsp3) is 0.333. The van der Waals surface area contributed by atoms with E-state index in [9.17, 15) is 14.4 Å². The van der Waals surface area contributed by atoms with Gasteiger partial charge in [-0.15, -0.1) is 0 Å². The van der Waals surface area contributed by atoms with E-state index in [1.807, 2.05) is 44.2 Å². The van der Waals surface area contributed by atoms with Gasteiger partial charge in [-0.1, -0.05) is 55.9 Å². The molecule has 2 aromatic carbocycles. The van der Waals surface area contributed by atoms with Crippen molar-refractivity contribution in [3.63, 3.8) is 0 Å². The van der Waals surface area contributed by atoms with E-state index < -0.39 is 11.2 Å². The van der Waals surface area contributed by atoms with Crippen LogP contribution in [0.4, 0.5) is 0 Å². The molecule has 3 aromatic rings. The molecule has 0 N–H and O–H groups in total. The summed E-state index contributed by atoms with van der Waals surface area (Å²) in [6.45, 7) is 4.50. The van der Waals surface area contributed by atoms with Gasteiger partial charge in [0.15, 0.2) is 5.16 Å². The maximum Gasteiger partial charge on any atom is 0.337 e. The molecule has 1 amide bonds. The molecule has 0 aliphatic rings. The summed E-state index contributed by atoms with van der Waals surface area (Å²) in [5.41, 5.74) is 1.33. The van der Waals surface area contributed by atoms with Crippen LogP contribution in [-0.2, 0) is 16.1 Å². The Morgan fingerprint density at radius 1 is 1.12 bits per heavy atom. The molecule has 8 heteroatoms. The van der Waals surface area contributed by atoms with Crippen LogP contribution in [0.3, 0.4) is 0 Å². The zero-order chi connectivity index (χ0) is 23.4. The second kappa shape index (κ2) is 9.99. The van der Waals surface area contributed by atoms with Gasteiger partial charge in [0.2, 0.25) is 5.91 Å². The monoisotopic (exact) mass is 453 g/mol. The van der Waals surface area contributed by atoms with Crippen LogP contribution in [0.5, 0.6) is 0 Å². The number of rotatable bonds is 7. The van der Waals surface area contributed by atoms with E-state index in [1.54, 1.807) is 36.9 Å². The van der Waals surface area contributed by atoms with Crippen LogP contribution in [0.25, 0.3) is 10.9 Å². The van der Waals surface area contributed by atoms with Crippen molar-refractivity contribution in [2.24, 2.45) is 5.92 Å². The molecule has 0 unspecified atom stereocenters. The molecule has 0 spiro atoms. The van der Waals surface area contributed by atoms with Gasteiger partial charge in [-0.3, -0.25) is 14.2 Å². The number of amides is 1. The minimum atomic E-state index is -0.572. The molecule has 0 radical (unpaired) electrons. The number of thioether (sulfide) groups is 1. The van der Waals surface area contributed by atoms with Crippen molar-refractivity contribution in [3.8, 4) is 0 Å². The van der Waals surface area contributed by atoms with Gasteiger partial charge in [-0.25, -0.2) is 9.78 Å². The summed E-state index contributed by atoms with van der Waals surface area (Å²) in [7, 11) is 4.71. The Morgan fingerprint density at radius 3 is 2.41 bits per heavy atom. The van der Waals surface area contributed by atoms with Gasteiger partial charge in [0, 0.05) is 20.6 Å². The largest absolute Gasteiger partial charge is 0.465 e. The first-order valence-electron chi connectivity index (χ1n) is 10.3. The van der Waals surface area contributed by atoms with Crippen molar-refractivity contribution < 1.29 is 14.3 Å². The number of carbonyl (C=O) groups is 2. The molecule has 0 saturated heterocycles. The van der Waals surface area contributed by atoms with Crippen LogP contribution in [-0.4, -0.2) is 47.5 Å². The number of fused-ring (bicyclic) bond motifs is 1. The molecular formula is C24H27N3O4S. The average molecular weight is 454 g/mol. The predicted molar refractivity (Wildman–Crippen MR) is 126 cm³/mol. The van der Waals surface area contributed by atoms with E-state index in [2.05, 4.69) is 0 Å². The lowest BCUT2D eigenvalue weighted by atomic mass is 10.1. The quantitative estimate of drug-likeness (QED) is 0.308. The molecule has 0 fully saturated rings. The SMILES string of the molecule is COC(=O)c1ccc2c(=O)n(CC(C)C)c(S[C@H](C(=O)N(C)C)c3ccccc3)nc2c1. The predicted octanol–water partition coefficient (Wildman–Crippen LogP) is 3.76. The lowest BCUT2D eigenvalue weighted by molar-refractivity contribution is -0.128. The number of aromatic nitrogens is 2. The van der Waals surface area contributed by atoms with Gasteiger partial charge >= 0.3 is 5.97 Å². The highest BCUT2D eigenvalue weighted by Gasteiger charge is 2.26. The Balaban J connectivity index is 2.19. The third-order valence-electron chi connectivity index (χ3n) is 4.88. The van der Waals surface area contributed by atoms with Gasteiger partial charge in [-0.05, 0) is 29.7 Å². The fourth-order valence-corrected chi connectivity index (χ4v) is 4.54. The normalized spacial score (nSPS) is 12.1. The van der Waals surface area contributed by atoms with Gasteiger partial charge in [0.05, 0.1) is 23.6 Å². The number of nitrogens with zero attached hydrogens (tertiary/aromatic N) is 3. The lowest BCUT2D eigenvalue weighted by Gasteiger charge is -2.22. The Bertz CT molecular complexity index is 1190. The van der Waals surface area contributed by atoms with Gasteiger partial charge in [-0.2, -0.15) is 0 Å². The van der Waals surface area contributed by atoms with Crippen molar-refractivity contribution in [1.82, 2.24) is 14.5 Å². The third-order valence-corrected chi connectivity index (χ3v) is 6.11. The van der Waals surface area contributed by atoms with Crippen LogP contribution in [0.15, 0.2) is 58.5 Å². The summed E-state index contributed by atoms with van der Waals surface area (Å²) in [6.07, 6.45) is 0. The Morgan fingerprint density at radius 2 is 1.81 bits per heavy atom. The van der Waals surface area contributed by atoms with Crippen LogP contribution in [0.2, 0.25) is 0 Å². The molecule has 1 atom stereocenters. The average Bonchev–Trinajstić information content (AvgIpc) is 2.78. The molecule has 3 rings (SSSR count). The summed E-state index contributed by atoms with van der Waals surface area (Å²) in [5.74, 6) is -0.408. The van der Waals surface area contributed by atoms with E-state index in [1.165, 1.54) is 23.8 Å². The molecule has 1 aromatic heterocycles. The number of likely N-dealkylation sites (N-methyl/N-ethyl adjacent to an activating group) is 1. The van der Waals surface area contributed by atoms with Crippen LogP contribution in [0.1, 0.15) is 35.0 Å². The first-order chi connectivity index (χ1) is 15.2. The van der Waals surface area contributed by atoms with E-state index in [0.29, 0.717) is 28.2 Å². The Hall–Kier alpha value is -3.13. The maximum atomic E-state index is 13.4. The summed E-state index contributed by atoms with van der Waals surface area (Å²) < 4.78 is 6.42. The second-order valence-electron chi connectivity index (χ2n) is 8.07. The smallest absolute Gasteiger partial charge is 0.337 e. The van der Waals surface area contributed by atoms with Gasteiger partial charge in [0.1, 0.15) is 5.25 Å². The van der Waals surface area contributed by atoms with E-state index in [4.69, 9.17) is 9.72 Å². The Labute approximate surface area is 191 Å². The number of methoxy groups -OCH3 is 1. The zero-order valence-corrected chi connectivity index (χ0v) is 19.7. The molecule has 0 aliphatic carbocycles. The number of benzene rings is 2. The van der Waals surface area contributed by atoms with Crippen LogP contribution in [0, 0.1) is 5.92 Å². The van der Waals surface area contributed by atoms with Crippen molar-refractivity contribution >= 4 is 34.5 Å². The van der Waals surface area contributed by atoms with Crippen LogP contribution >= 0.6 is 11.8 Å². The highest BCUT2D eigenvalue weighted by Crippen LogP contribution is 2.36.